The Hall–Kier alpha value is -2.32. The lowest BCUT2D eigenvalue weighted by molar-refractivity contribution is 0.305. The first kappa shape index (κ1) is 12.1. The van der Waals surface area contributed by atoms with E-state index in [9.17, 15) is 4.79 Å². The normalized spacial score (nSPS) is 9.89. The second-order valence-electron chi connectivity index (χ2n) is 3.81. The Labute approximate surface area is 104 Å². The molecule has 5 nitrogen and oxygen atoms in total. The number of aromatic amines is 1. The number of aryl methyl sites for hydroxylation is 1. The number of nitrogens with zero attached hydrogens (tertiary/aromatic N) is 2. The lowest BCUT2D eigenvalue weighted by Gasteiger charge is -2.05. The van der Waals surface area contributed by atoms with E-state index in [0.29, 0.717) is 6.42 Å². The Kier molecular flexibility index (Phi) is 3.60. The maximum atomic E-state index is 11.5. The molecule has 0 atom stereocenters. The second kappa shape index (κ2) is 5.34. The highest BCUT2D eigenvalue weighted by Gasteiger charge is 2.04. The van der Waals surface area contributed by atoms with E-state index in [0.717, 1.165) is 16.8 Å². The van der Waals surface area contributed by atoms with Crippen molar-refractivity contribution in [3.8, 4) is 17.5 Å². The van der Waals surface area contributed by atoms with Gasteiger partial charge in [-0.1, -0.05) is 11.8 Å². The molecule has 2 rings (SSSR count). The van der Waals surface area contributed by atoms with E-state index in [1.54, 1.807) is 0 Å². The van der Waals surface area contributed by atoms with Gasteiger partial charge in [0, 0.05) is 12.0 Å². The van der Waals surface area contributed by atoms with E-state index >= 15 is 0 Å². The van der Waals surface area contributed by atoms with E-state index in [1.807, 2.05) is 25.1 Å². The van der Waals surface area contributed by atoms with Gasteiger partial charge in [-0.15, -0.1) is 0 Å². The molecule has 0 radical (unpaired) electrons. The molecule has 1 heterocycles. The predicted molar refractivity (Wildman–Crippen MR) is 67.5 cm³/mol. The number of aliphatic hydroxyl groups is 1. The van der Waals surface area contributed by atoms with Gasteiger partial charge in [-0.3, -0.25) is 0 Å². The molecular weight excluding hydrogens is 230 g/mol. The average molecular weight is 243 g/mol. The van der Waals surface area contributed by atoms with Gasteiger partial charge in [0.1, 0.15) is 6.33 Å². The molecule has 0 aliphatic carbocycles. The first-order valence-electron chi connectivity index (χ1n) is 5.55. The van der Waals surface area contributed by atoms with Gasteiger partial charge in [0.25, 0.3) is 0 Å². The van der Waals surface area contributed by atoms with Crippen molar-refractivity contribution in [2.45, 2.75) is 13.3 Å². The number of nitrogens with one attached hydrogen (secondary N) is 1. The van der Waals surface area contributed by atoms with Gasteiger partial charge in [0.05, 0.1) is 12.3 Å². The van der Waals surface area contributed by atoms with E-state index in [-0.39, 0.29) is 12.3 Å². The Morgan fingerprint density at radius 1 is 1.50 bits per heavy atom. The molecule has 2 aromatic rings. The molecule has 0 aliphatic rings. The van der Waals surface area contributed by atoms with Gasteiger partial charge in [0.15, 0.2) is 0 Å². The summed E-state index contributed by atoms with van der Waals surface area (Å²) in [7, 11) is 0. The molecule has 0 bridgehead atoms. The first-order chi connectivity index (χ1) is 8.72. The maximum absolute atomic E-state index is 11.5. The molecule has 0 saturated carbocycles. The highest BCUT2D eigenvalue weighted by molar-refractivity contribution is 5.47. The lowest BCUT2D eigenvalue weighted by atomic mass is 10.1. The maximum Gasteiger partial charge on any atom is 0.347 e. The number of H-pyrrole nitrogens is 1. The molecule has 2 N–H and O–H groups in total. The fourth-order valence-corrected chi connectivity index (χ4v) is 1.64. The van der Waals surface area contributed by atoms with Gasteiger partial charge >= 0.3 is 5.69 Å². The standard InChI is InChI=1S/C13H13N3O2/c1-10-8-11(4-2-3-7-17)5-6-12(10)16-9-14-15-13(16)18/h5-6,8-9,17H,3,7H2,1H3,(H,15,18). The van der Waals surface area contributed by atoms with Crippen molar-refractivity contribution >= 4 is 0 Å². The van der Waals surface area contributed by atoms with E-state index in [4.69, 9.17) is 5.11 Å². The largest absolute Gasteiger partial charge is 0.395 e. The zero-order chi connectivity index (χ0) is 13.0. The van der Waals surface area contributed by atoms with Crippen LogP contribution in [-0.2, 0) is 0 Å². The van der Waals surface area contributed by atoms with Gasteiger partial charge < -0.3 is 5.11 Å². The van der Waals surface area contributed by atoms with Crippen LogP contribution < -0.4 is 5.69 Å². The Bertz CT molecular complexity index is 659. The topological polar surface area (TPSA) is 70.9 Å². The van der Waals surface area contributed by atoms with E-state index in [2.05, 4.69) is 22.0 Å². The van der Waals surface area contributed by atoms with Crippen LogP contribution in [0.5, 0.6) is 0 Å². The van der Waals surface area contributed by atoms with Crippen molar-refractivity contribution in [3.63, 3.8) is 0 Å². The summed E-state index contributed by atoms with van der Waals surface area (Å²) in [5, 5.41) is 14.7. The first-order valence-corrected chi connectivity index (χ1v) is 5.55. The van der Waals surface area contributed by atoms with Crippen LogP contribution in [0, 0.1) is 18.8 Å². The molecule has 1 aromatic carbocycles. The number of aromatic nitrogens is 3. The lowest BCUT2D eigenvalue weighted by Crippen LogP contribution is -2.15. The molecule has 0 unspecified atom stereocenters. The molecule has 5 heteroatoms. The summed E-state index contributed by atoms with van der Waals surface area (Å²) in [5.74, 6) is 5.81. The molecule has 92 valence electrons. The van der Waals surface area contributed by atoms with Crippen LogP contribution in [-0.4, -0.2) is 26.5 Å². The van der Waals surface area contributed by atoms with Gasteiger partial charge in [-0.25, -0.2) is 14.5 Å². The van der Waals surface area contributed by atoms with Crippen LogP contribution in [0.3, 0.4) is 0 Å². The number of hydrogen-bond acceptors (Lipinski definition) is 3. The molecule has 0 aliphatic heterocycles. The molecule has 0 amide bonds. The quantitative estimate of drug-likeness (QED) is 0.759. The molecule has 0 spiro atoms. The van der Waals surface area contributed by atoms with Crippen molar-refractivity contribution in [1.29, 1.82) is 0 Å². The summed E-state index contributed by atoms with van der Waals surface area (Å²) < 4.78 is 1.44. The van der Waals surface area contributed by atoms with E-state index < -0.39 is 0 Å². The molecule has 1 aromatic heterocycles. The fourth-order valence-electron chi connectivity index (χ4n) is 1.64. The molecule has 18 heavy (non-hydrogen) atoms. The second-order valence-corrected chi connectivity index (χ2v) is 3.81. The van der Waals surface area contributed by atoms with Crippen LogP contribution in [0.25, 0.3) is 5.69 Å². The minimum Gasteiger partial charge on any atom is -0.395 e. The number of aliphatic hydroxyl groups excluding tert-OH is 1. The Balaban J connectivity index is 2.35. The van der Waals surface area contributed by atoms with Crippen molar-refractivity contribution in [1.82, 2.24) is 14.8 Å². The molecular formula is C13H13N3O2. The Morgan fingerprint density at radius 3 is 2.94 bits per heavy atom. The highest BCUT2D eigenvalue weighted by atomic mass is 16.2. The minimum atomic E-state index is -0.266. The smallest absolute Gasteiger partial charge is 0.347 e. The zero-order valence-corrected chi connectivity index (χ0v) is 9.97. The predicted octanol–water partition coefficient (Wildman–Crippen LogP) is 0.603. The highest BCUT2D eigenvalue weighted by Crippen LogP contribution is 2.13. The van der Waals surface area contributed by atoms with Gasteiger partial charge in [-0.2, -0.15) is 5.10 Å². The minimum absolute atomic E-state index is 0.0640. The third-order valence-corrected chi connectivity index (χ3v) is 2.48. The number of hydrogen-bond donors (Lipinski definition) is 2. The van der Waals surface area contributed by atoms with E-state index in [1.165, 1.54) is 10.9 Å². The van der Waals surface area contributed by atoms with Crippen LogP contribution in [0.2, 0.25) is 0 Å². The number of rotatable bonds is 2. The SMILES string of the molecule is Cc1cc(C#CCCO)ccc1-n1cn[nH]c1=O. The van der Waals surface area contributed by atoms with Crippen molar-refractivity contribution in [3.05, 3.63) is 46.1 Å². The van der Waals surface area contributed by atoms with Crippen LogP contribution in [0.1, 0.15) is 17.5 Å². The summed E-state index contributed by atoms with van der Waals surface area (Å²) >= 11 is 0. The molecule has 0 fully saturated rings. The third kappa shape index (κ3) is 2.50. The summed E-state index contributed by atoms with van der Waals surface area (Å²) in [5.41, 5.74) is 2.31. The van der Waals surface area contributed by atoms with Crippen LogP contribution in [0.4, 0.5) is 0 Å². The fraction of sp³-hybridized carbons (Fsp3) is 0.231. The summed E-state index contributed by atoms with van der Waals surface area (Å²) in [6, 6.07) is 5.57. The molecule has 0 saturated heterocycles. The third-order valence-electron chi connectivity index (χ3n) is 2.48. The summed E-state index contributed by atoms with van der Waals surface area (Å²) in [6.07, 6.45) is 1.91. The van der Waals surface area contributed by atoms with Crippen molar-refractivity contribution < 1.29 is 5.11 Å². The van der Waals surface area contributed by atoms with Gasteiger partial charge in [-0.05, 0) is 30.7 Å². The Morgan fingerprint density at radius 2 is 2.33 bits per heavy atom. The van der Waals surface area contributed by atoms with Crippen molar-refractivity contribution in [2.75, 3.05) is 6.61 Å². The zero-order valence-electron chi connectivity index (χ0n) is 9.97. The monoisotopic (exact) mass is 243 g/mol. The van der Waals surface area contributed by atoms with Crippen LogP contribution in [0.15, 0.2) is 29.3 Å². The number of benzene rings is 1. The summed E-state index contributed by atoms with van der Waals surface area (Å²) in [6.45, 7) is 1.97. The summed E-state index contributed by atoms with van der Waals surface area (Å²) in [4.78, 5) is 11.5. The van der Waals surface area contributed by atoms with Gasteiger partial charge in [0.2, 0.25) is 0 Å². The van der Waals surface area contributed by atoms with Crippen LogP contribution >= 0.6 is 0 Å². The van der Waals surface area contributed by atoms with Crippen molar-refractivity contribution in [2.24, 2.45) is 0 Å². The average Bonchev–Trinajstić information content (AvgIpc) is 2.76.